The number of nitrogens with two attached hydrogens (primary N) is 1. The lowest BCUT2D eigenvalue weighted by atomic mass is 9.95. The van der Waals surface area contributed by atoms with Gasteiger partial charge in [0, 0.05) is 6.04 Å². The smallest absolute Gasteiger partial charge is 0.324 e. The Labute approximate surface area is 117 Å². The minimum Gasteiger partial charge on any atom is -0.324 e. The average Bonchev–Trinajstić information content (AvgIpc) is 2.26. The van der Waals surface area contributed by atoms with E-state index < -0.39 is 35.1 Å². The van der Waals surface area contributed by atoms with E-state index in [1.54, 1.807) is 0 Å². The molecule has 0 aliphatic rings. The molecule has 0 spiro atoms. The van der Waals surface area contributed by atoms with Crippen LogP contribution in [0.3, 0.4) is 0 Å². The molecule has 0 aromatic heterocycles. The third-order valence-electron chi connectivity index (χ3n) is 2.50. The summed E-state index contributed by atoms with van der Waals surface area (Å²) in [4.78, 5) is 0. The Morgan fingerprint density at radius 1 is 1.10 bits per heavy atom. The number of halogens is 7. The van der Waals surface area contributed by atoms with Gasteiger partial charge in [0.25, 0.3) is 0 Å². The van der Waals surface area contributed by atoms with Gasteiger partial charge >= 0.3 is 12.4 Å². The fraction of sp³-hybridized carbons (Fsp3) is 0.333. The minimum atomic E-state index is -4.75. The summed E-state index contributed by atoms with van der Waals surface area (Å²) < 4.78 is 75.7. The van der Waals surface area contributed by atoms with Crippen LogP contribution in [-0.2, 0) is 12.4 Å². The summed E-state index contributed by atoms with van der Waals surface area (Å²) >= 11 is 0. The van der Waals surface area contributed by atoms with Crippen molar-refractivity contribution in [2.24, 2.45) is 5.73 Å². The Kier molecular flexibility index (Phi) is 6.10. The van der Waals surface area contributed by atoms with E-state index in [1.165, 1.54) is 6.08 Å². The van der Waals surface area contributed by atoms with Gasteiger partial charge in [0.15, 0.2) is 0 Å². The number of benzene rings is 1. The molecule has 1 rings (SSSR count). The molecule has 2 N–H and O–H groups in total. The third kappa shape index (κ3) is 4.42. The van der Waals surface area contributed by atoms with E-state index in [0.717, 1.165) is 0 Å². The van der Waals surface area contributed by atoms with Crippen LogP contribution in [0.25, 0.3) is 0 Å². The molecular weight excluding hydrogens is 308 g/mol. The Bertz CT molecular complexity index is 466. The van der Waals surface area contributed by atoms with Crippen molar-refractivity contribution < 1.29 is 26.3 Å². The maximum atomic E-state index is 12.7. The second kappa shape index (κ2) is 6.49. The maximum absolute atomic E-state index is 12.7. The fourth-order valence-corrected chi connectivity index (χ4v) is 1.61. The first-order valence-electron chi connectivity index (χ1n) is 5.22. The lowest BCUT2D eigenvalue weighted by Gasteiger charge is -2.19. The maximum Gasteiger partial charge on any atom is 0.416 e. The van der Waals surface area contributed by atoms with Gasteiger partial charge in [0.2, 0.25) is 0 Å². The Morgan fingerprint density at radius 3 is 2.05 bits per heavy atom. The highest BCUT2D eigenvalue weighted by Gasteiger charge is 2.37. The van der Waals surface area contributed by atoms with Crippen LogP contribution in [0.2, 0.25) is 0 Å². The van der Waals surface area contributed by atoms with E-state index in [1.807, 2.05) is 0 Å². The van der Waals surface area contributed by atoms with E-state index in [4.69, 9.17) is 5.73 Å². The molecule has 1 aromatic carbocycles. The van der Waals surface area contributed by atoms with Crippen molar-refractivity contribution in [1.82, 2.24) is 0 Å². The number of alkyl halides is 6. The quantitative estimate of drug-likeness (QED) is 0.633. The van der Waals surface area contributed by atoms with Gasteiger partial charge in [-0.25, -0.2) is 0 Å². The fourth-order valence-electron chi connectivity index (χ4n) is 1.61. The molecule has 1 nitrogen and oxygen atoms in total. The molecule has 0 amide bonds. The van der Waals surface area contributed by atoms with Gasteiger partial charge < -0.3 is 5.73 Å². The van der Waals surface area contributed by atoms with Crippen molar-refractivity contribution in [3.05, 3.63) is 47.5 Å². The normalized spacial score (nSPS) is 13.6. The zero-order valence-electron chi connectivity index (χ0n) is 10.1. The molecule has 1 atom stereocenters. The van der Waals surface area contributed by atoms with Crippen LogP contribution >= 0.6 is 12.4 Å². The Morgan fingerprint density at radius 2 is 1.65 bits per heavy atom. The highest BCUT2D eigenvalue weighted by Crippen LogP contribution is 2.38. The summed E-state index contributed by atoms with van der Waals surface area (Å²) in [6, 6.07) is 0.0573. The van der Waals surface area contributed by atoms with Crippen LogP contribution in [0.15, 0.2) is 30.9 Å². The van der Waals surface area contributed by atoms with Crippen LogP contribution in [0.5, 0.6) is 0 Å². The van der Waals surface area contributed by atoms with Crippen LogP contribution in [0.1, 0.15) is 29.2 Å². The molecule has 0 bridgehead atoms. The standard InChI is InChI=1S/C12H11F6N.ClH/c1-2-3-10(19)8-6-7(11(13,14)15)4-5-9(8)12(16,17)18;/h2,4-6,10H,1,3,19H2;1H/t10-;/m1./s1. The van der Waals surface area contributed by atoms with E-state index >= 15 is 0 Å². The summed E-state index contributed by atoms with van der Waals surface area (Å²) in [6.45, 7) is 3.31. The van der Waals surface area contributed by atoms with E-state index in [-0.39, 0.29) is 18.8 Å². The second-order valence-corrected chi connectivity index (χ2v) is 3.93. The van der Waals surface area contributed by atoms with Gasteiger partial charge in [-0.3, -0.25) is 0 Å². The van der Waals surface area contributed by atoms with Gasteiger partial charge in [-0.15, -0.1) is 19.0 Å². The highest BCUT2D eigenvalue weighted by molar-refractivity contribution is 5.85. The largest absolute Gasteiger partial charge is 0.416 e. The predicted octanol–water partition coefficient (Wildman–Crippen LogP) is 4.72. The molecule has 20 heavy (non-hydrogen) atoms. The molecular formula is C12H12ClF6N. The first-order valence-corrected chi connectivity index (χ1v) is 5.22. The van der Waals surface area contributed by atoms with Crippen LogP contribution in [0.4, 0.5) is 26.3 Å². The first kappa shape index (κ1) is 18.8. The number of hydrogen-bond donors (Lipinski definition) is 1. The van der Waals surface area contributed by atoms with Crippen molar-refractivity contribution in [3.8, 4) is 0 Å². The second-order valence-electron chi connectivity index (χ2n) is 3.93. The summed E-state index contributed by atoms with van der Waals surface area (Å²) in [6.07, 6.45) is -8.26. The van der Waals surface area contributed by atoms with Crippen molar-refractivity contribution in [2.75, 3.05) is 0 Å². The molecule has 0 saturated heterocycles. The molecule has 0 heterocycles. The zero-order chi connectivity index (χ0) is 14.8. The lowest BCUT2D eigenvalue weighted by Crippen LogP contribution is -2.19. The van der Waals surface area contributed by atoms with Crippen LogP contribution < -0.4 is 5.73 Å². The predicted molar refractivity (Wildman–Crippen MR) is 65.4 cm³/mol. The monoisotopic (exact) mass is 319 g/mol. The van der Waals surface area contributed by atoms with Crippen molar-refractivity contribution in [3.63, 3.8) is 0 Å². The molecule has 0 unspecified atom stereocenters. The van der Waals surface area contributed by atoms with Crippen molar-refractivity contribution in [1.29, 1.82) is 0 Å². The molecule has 0 saturated carbocycles. The SMILES string of the molecule is C=CC[C@@H](N)c1cc(C(F)(F)F)ccc1C(F)(F)F.Cl. The first-order chi connectivity index (χ1) is 8.57. The molecule has 0 radical (unpaired) electrons. The molecule has 8 heteroatoms. The summed E-state index contributed by atoms with van der Waals surface area (Å²) in [7, 11) is 0. The van der Waals surface area contributed by atoms with Gasteiger partial charge in [-0.1, -0.05) is 6.08 Å². The molecule has 1 aromatic rings. The van der Waals surface area contributed by atoms with Gasteiger partial charge in [-0.05, 0) is 30.2 Å². The van der Waals surface area contributed by atoms with Crippen LogP contribution in [-0.4, -0.2) is 0 Å². The Hall–Kier alpha value is -1.21. The summed E-state index contributed by atoms with van der Waals surface area (Å²) in [5.41, 5.74) is 2.58. The zero-order valence-corrected chi connectivity index (χ0v) is 10.9. The van der Waals surface area contributed by atoms with Crippen molar-refractivity contribution >= 4 is 12.4 Å². The topological polar surface area (TPSA) is 26.0 Å². The van der Waals surface area contributed by atoms with Gasteiger partial charge in [0.1, 0.15) is 0 Å². The summed E-state index contributed by atoms with van der Waals surface area (Å²) in [5.74, 6) is 0. The Balaban J connectivity index is 0.00000361. The summed E-state index contributed by atoms with van der Waals surface area (Å²) in [5, 5.41) is 0. The molecule has 0 aliphatic carbocycles. The van der Waals surface area contributed by atoms with Gasteiger partial charge in [-0.2, -0.15) is 26.3 Å². The van der Waals surface area contributed by atoms with E-state index in [2.05, 4.69) is 6.58 Å². The number of hydrogen-bond acceptors (Lipinski definition) is 1. The van der Waals surface area contributed by atoms with E-state index in [9.17, 15) is 26.3 Å². The van der Waals surface area contributed by atoms with Crippen molar-refractivity contribution in [2.45, 2.75) is 24.8 Å². The molecule has 0 aliphatic heterocycles. The highest BCUT2D eigenvalue weighted by atomic mass is 35.5. The number of rotatable bonds is 3. The molecule has 114 valence electrons. The van der Waals surface area contributed by atoms with Crippen LogP contribution in [0, 0.1) is 0 Å². The van der Waals surface area contributed by atoms with E-state index in [0.29, 0.717) is 18.2 Å². The lowest BCUT2D eigenvalue weighted by molar-refractivity contribution is -0.142. The third-order valence-corrected chi connectivity index (χ3v) is 2.50. The minimum absolute atomic E-state index is 0. The molecule has 0 fully saturated rings. The van der Waals surface area contributed by atoms with Gasteiger partial charge in [0.05, 0.1) is 11.1 Å². The average molecular weight is 320 g/mol.